The summed E-state index contributed by atoms with van der Waals surface area (Å²) in [5.74, 6) is -0.588. The highest BCUT2D eigenvalue weighted by atomic mass is 32.2. The van der Waals surface area contributed by atoms with Crippen LogP contribution in [0.3, 0.4) is 0 Å². The van der Waals surface area contributed by atoms with Crippen molar-refractivity contribution in [2.75, 3.05) is 13.6 Å². The zero-order valence-corrected chi connectivity index (χ0v) is 9.22. The number of sulfonamides is 1. The van der Waals surface area contributed by atoms with E-state index in [1.165, 1.54) is 0 Å². The van der Waals surface area contributed by atoms with Gasteiger partial charge in [0.1, 0.15) is 5.82 Å². The molecule has 0 aromatic heterocycles. The van der Waals surface area contributed by atoms with Crippen LogP contribution < -0.4 is 0 Å². The highest BCUT2D eigenvalue weighted by molar-refractivity contribution is 7.89. The van der Waals surface area contributed by atoms with Crippen LogP contribution in [0, 0.1) is 5.82 Å². The molecule has 1 rings (SSSR count). The van der Waals surface area contributed by atoms with Crippen LogP contribution in [-0.4, -0.2) is 32.7 Å². The van der Waals surface area contributed by atoms with E-state index < -0.39 is 28.8 Å². The van der Waals surface area contributed by atoms with E-state index in [4.69, 9.17) is 0 Å². The van der Waals surface area contributed by atoms with Crippen LogP contribution in [0.25, 0.3) is 0 Å². The second-order valence-corrected chi connectivity index (χ2v) is 5.18. The Morgan fingerprint density at radius 1 is 1.25 bits per heavy atom. The summed E-state index contributed by atoms with van der Waals surface area (Å²) >= 11 is 0. The molecule has 16 heavy (non-hydrogen) atoms. The minimum Gasteiger partial charge on any atom is -0.209 e. The predicted octanol–water partition coefficient (Wildman–Crippen LogP) is 1.71. The van der Waals surface area contributed by atoms with Crippen molar-refractivity contribution in [3.05, 3.63) is 30.1 Å². The molecule has 0 aliphatic heterocycles. The van der Waals surface area contributed by atoms with Gasteiger partial charge in [0.25, 0.3) is 6.43 Å². The first-order valence-electron chi connectivity index (χ1n) is 4.34. The van der Waals surface area contributed by atoms with Crippen LogP contribution in [0.4, 0.5) is 13.2 Å². The van der Waals surface area contributed by atoms with Crippen molar-refractivity contribution < 1.29 is 21.6 Å². The van der Waals surface area contributed by atoms with Crippen molar-refractivity contribution >= 4 is 10.0 Å². The standard InChI is InChI=1S/C9H10F3NO2S/c1-13(6-9(11)12)16(14,15)8-4-2-7(10)3-5-8/h2-5,9H,6H2,1H3. The zero-order chi connectivity index (χ0) is 12.3. The molecule has 90 valence electrons. The third-order valence-corrected chi connectivity index (χ3v) is 3.75. The molecule has 0 atom stereocenters. The van der Waals surface area contributed by atoms with Crippen LogP contribution in [0.15, 0.2) is 29.2 Å². The van der Waals surface area contributed by atoms with Crippen molar-refractivity contribution in [2.24, 2.45) is 0 Å². The molecule has 1 aromatic carbocycles. The molecule has 0 N–H and O–H groups in total. The van der Waals surface area contributed by atoms with Gasteiger partial charge in [0.15, 0.2) is 0 Å². The number of benzene rings is 1. The zero-order valence-electron chi connectivity index (χ0n) is 8.40. The van der Waals surface area contributed by atoms with Crippen molar-refractivity contribution in [1.29, 1.82) is 0 Å². The summed E-state index contributed by atoms with van der Waals surface area (Å²) < 4.78 is 60.4. The van der Waals surface area contributed by atoms with Gasteiger partial charge >= 0.3 is 0 Å². The molecule has 0 saturated heterocycles. The lowest BCUT2D eigenvalue weighted by atomic mass is 10.4. The van der Waals surface area contributed by atoms with Gasteiger partial charge in [-0.1, -0.05) is 0 Å². The molecule has 0 aliphatic carbocycles. The number of alkyl halides is 2. The number of hydrogen-bond acceptors (Lipinski definition) is 2. The summed E-state index contributed by atoms with van der Waals surface area (Å²) in [4.78, 5) is -0.211. The summed E-state index contributed by atoms with van der Waals surface area (Å²) in [7, 11) is -2.92. The molecule has 0 fully saturated rings. The van der Waals surface area contributed by atoms with Crippen LogP contribution in [-0.2, 0) is 10.0 Å². The topological polar surface area (TPSA) is 37.4 Å². The Morgan fingerprint density at radius 2 is 1.75 bits per heavy atom. The molecule has 1 aromatic rings. The highest BCUT2D eigenvalue weighted by Gasteiger charge is 2.23. The van der Waals surface area contributed by atoms with Crippen LogP contribution in [0.5, 0.6) is 0 Å². The largest absolute Gasteiger partial charge is 0.252 e. The molecular weight excluding hydrogens is 243 g/mol. The minimum atomic E-state index is -3.96. The van der Waals surface area contributed by atoms with Gasteiger partial charge in [-0.2, -0.15) is 4.31 Å². The fraction of sp³-hybridized carbons (Fsp3) is 0.333. The maximum absolute atomic E-state index is 12.6. The fourth-order valence-corrected chi connectivity index (χ4v) is 2.23. The summed E-state index contributed by atoms with van der Waals surface area (Å²) in [6, 6.07) is 3.99. The Kier molecular flexibility index (Phi) is 3.93. The first kappa shape index (κ1) is 13.0. The average Bonchev–Trinajstić information content (AvgIpc) is 2.17. The second-order valence-electron chi connectivity index (χ2n) is 3.13. The van der Waals surface area contributed by atoms with E-state index >= 15 is 0 Å². The van der Waals surface area contributed by atoms with E-state index in [9.17, 15) is 21.6 Å². The van der Waals surface area contributed by atoms with Gasteiger partial charge in [0.05, 0.1) is 11.4 Å². The van der Waals surface area contributed by atoms with E-state index in [0.717, 1.165) is 31.3 Å². The summed E-state index contributed by atoms with van der Waals surface area (Å²) in [5, 5.41) is 0. The Labute approximate surface area is 91.5 Å². The van der Waals surface area contributed by atoms with Gasteiger partial charge in [-0.05, 0) is 24.3 Å². The lowest BCUT2D eigenvalue weighted by molar-refractivity contribution is 0.126. The Hall–Kier alpha value is -1.08. The van der Waals surface area contributed by atoms with Crippen LogP contribution in [0.1, 0.15) is 0 Å². The van der Waals surface area contributed by atoms with E-state index in [1.54, 1.807) is 0 Å². The second kappa shape index (κ2) is 4.84. The van der Waals surface area contributed by atoms with E-state index in [0.29, 0.717) is 4.31 Å². The number of nitrogens with zero attached hydrogens (tertiary/aromatic N) is 1. The number of rotatable bonds is 4. The minimum absolute atomic E-state index is 0.211. The van der Waals surface area contributed by atoms with Gasteiger partial charge in [-0.15, -0.1) is 0 Å². The Bertz CT molecular complexity index is 444. The SMILES string of the molecule is CN(CC(F)F)S(=O)(=O)c1ccc(F)cc1. The maximum Gasteiger partial charge on any atom is 0.252 e. The van der Waals surface area contributed by atoms with Crippen molar-refractivity contribution in [2.45, 2.75) is 11.3 Å². The molecule has 0 aliphatic rings. The fourth-order valence-electron chi connectivity index (χ4n) is 1.08. The summed E-state index contributed by atoms with van der Waals surface area (Å²) in [6.45, 7) is -0.889. The maximum atomic E-state index is 12.6. The molecule has 3 nitrogen and oxygen atoms in total. The first-order chi connectivity index (χ1) is 7.34. The van der Waals surface area contributed by atoms with Gasteiger partial charge in [0, 0.05) is 7.05 Å². The van der Waals surface area contributed by atoms with Gasteiger partial charge < -0.3 is 0 Å². The predicted molar refractivity (Wildman–Crippen MR) is 52.2 cm³/mol. The molecular formula is C9H10F3NO2S. The van der Waals surface area contributed by atoms with Crippen molar-refractivity contribution in [3.8, 4) is 0 Å². The molecule has 0 bridgehead atoms. The third-order valence-electron chi connectivity index (χ3n) is 1.92. The quantitative estimate of drug-likeness (QED) is 0.819. The number of halogens is 3. The van der Waals surface area contributed by atoms with E-state index in [-0.39, 0.29) is 4.90 Å². The average molecular weight is 253 g/mol. The van der Waals surface area contributed by atoms with Gasteiger partial charge in [-0.25, -0.2) is 21.6 Å². The van der Waals surface area contributed by atoms with E-state index in [1.807, 2.05) is 0 Å². The monoisotopic (exact) mass is 253 g/mol. The van der Waals surface area contributed by atoms with Gasteiger partial charge in [0.2, 0.25) is 10.0 Å². The lowest BCUT2D eigenvalue weighted by Crippen LogP contribution is -2.31. The van der Waals surface area contributed by atoms with Crippen molar-refractivity contribution in [1.82, 2.24) is 4.31 Å². The molecule has 0 amide bonds. The summed E-state index contributed by atoms with van der Waals surface area (Å²) in [6.07, 6.45) is -2.75. The Balaban J connectivity index is 2.97. The highest BCUT2D eigenvalue weighted by Crippen LogP contribution is 2.15. The molecule has 0 unspecified atom stereocenters. The third kappa shape index (κ3) is 2.96. The molecule has 0 saturated carbocycles. The molecule has 0 spiro atoms. The number of hydrogen-bond donors (Lipinski definition) is 0. The normalized spacial score (nSPS) is 12.4. The molecule has 7 heteroatoms. The van der Waals surface area contributed by atoms with Crippen molar-refractivity contribution in [3.63, 3.8) is 0 Å². The Morgan fingerprint density at radius 3 is 2.19 bits per heavy atom. The first-order valence-corrected chi connectivity index (χ1v) is 5.78. The molecule has 0 radical (unpaired) electrons. The summed E-state index contributed by atoms with van der Waals surface area (Å²) in [5.41, 5.74) is 0. The molecule has 0 heterocycles. The van der Waals surface area contributed by atoms with E-state index in [2.05, 4.69) is 0 Å². The van der Waals surface area contributed by atoms with Gasteiger partial charge in [-0.3, -0.25) is 0 Å². The smallest absolute Gasteiger partial charge is 0.209 e. The van der Waals surface area contributed by atoms with Crippen LogP contribution in [0.2, 0.25) is 0 Å². The van der Waals surface area contributed by atoms with Crippen LogP contribution >= 0.6 is 0 Å². The lowest BCUT2D eigenvalue weighted by Gasteiger charge is -2.16.